The number of hydrogen-bond donors (Lipinski definition) is 1. The second-order valence-electron chi connectivity index (χ2n) is 4.07. The Hall–Kier alpha value is -1.46. The molecule has 0 aliphatic rings. The molecule has 1 aromatic carbocycles. The molecule has 0 heterocycles. The highest BCUT2D eigenvalue weighted by molar-refractivity contribution is 5.85. The fourth-order valence-electron chi connectivity index (χ4n) is 1.43. The molecule has 0 saturated heterocycles. The third kappa shape index (κ3) is 5.81. The average Bonchev–Trinajstić information content (AvgIpc) is 2.38. The van der Waals surface area contributed by atoms with Crippen molar-refractivity contribution in [1.29, 1.82) is 0 Å². The molecule has 1 unspecified atom stereocenters. The van der Waals surface area contributed by atoms with Gasteiger partial charge in [-0.1, -0.05) is 0 Å². The molecule has 0 fully saturated rings. The van der Waals surface area contributed by atoms with Crippen LogP contribution in [0.15, 0.2) is 24.3 Å². The first-order valence-electron chi connectivity index (χ1n) is 5.82. The maximum Gasteiger partial charge on any atom is 0.239 e. The van der Waals surface area contributed by atoms with Crippen LogP contribution in [0.2, 0.25) is 0 Å². The normalized spacial score (nSPS) is 11.2. The number of nitrogens with two attached hydrogens (primary N) is 1. The van der Waals surface area contributed by atoms with Crippen LogP contribution < -0.4 is 15.2 Å². The molecule has 0 aliphatic carbocycles. The summed E-state index contributed by atoms with van der Waals surface area (Å²) in [7, 11) is 3.33. The molecule has 19 heavy (non-hydrogen) atoms. The number of carbonyl (C=O) groups excluding carboxylic acids is 1. The number of methoxy groups -OCH3 is 1. The Balaban J connectivity index is 0.00000324. The van der Waals surface area contributed by atoms with Crippen molar-refractivity contribution in [3.63, 3.8) is 0 Å². The zero-order valence-corrected chi connectivity index (χ0v) is 12.3. The lowest BCUT2D eigenvalue weighted by Gasteiger charge is -2.19. The lowest BCUT2D eigenvalue weighted by molar-refractivity contribution is -0.131. The molecule has 1 aromatic rings. The Morgan fingerprint density at radius 3 is 2.32 bits per heavy atom. The molecule has 1 rings (SSSR count). The van der Waals surface area contributed by atoms with E-state index in [1.54, 1.807) is 26.0 Å². The van der Waals surface area contributed by atoms with Crippen molar-refractivity contribution >= 4 is 18.3 Å². The summed E-state index contributed by atoms with van der Waals surface area (Å²) in [6, 6.07) is 6.83. The van der Waals surface area contributed by atoms with Gasteiger partial charge in [0.1, 0.15) is 18.1 Å². The van der Waals surface area contributed by atoms with Crippen molar-refractivity contribution < 1.29 is 14.3 Å². The smallest absolute Gasteiger partial charge is 0.239 e. The van der Waals surface area contributed by atoms with Crippen LogP contribution in [-0.4, -0.2) is 44.2 Å². The molecule has 0 spiro atoms. The molecule has 0 bridgehead atoms. The number of amides is 1. The third-order valence-corrected chi connectivity index (χ3v) is 2.52. The fraction of sp³-hybridized carbons (Fsp3) is 0.462. The summed E-state index contributed by atoms with van der Waals surface area (Å²) >= 11 is 0. The van der Waals surface area contributed by atoms with E-state index in [1.807, 2.05) is 24.3 Å². The van der Waals surface area contributed by atoms with E-state index >= 15 is 0 Å². The Morgan fingerprint density at radius 2 is 1.84 bits per heavy atom. The first-order valence-corrected chi connectivity index (χ1v) is 5.82. The zero-order valence-electron chi connectivity index (χ0n) is 11.5. The van der Waals surface area contributed by atoms with Gasteiger partial charge in [-0.25, -0.2) is 0 Å². The lowest BCUT2D eigenvalue weighted by Crippen LogP contribution is -2.41. The van der Waals surface area contributed by atoms with Crippen LogP contribution in [0.3, 0.4) is 0 Å². The van der Waals surface area contributed by atoms with E-state index in [1.165, 1.54) is 0 Å². The van der Waals surface area contributed by atoms with Crippen molar-refractivity contribution in [2.75, 3.05) is 27.3 Å². The van der Waals surface area contributed by atoms with E-state index in [9.17, 15) is 4.79 Å². The number of hydrogen-bond acceptors (Lipinski definition) is 4. The van der Waals surface area contributed by atoms with Gasteiger partial charge in [-0.05, 0) is 31.2 Å². The molecule has 1 atom stereocenters. The molecular formula is C13H21ClN2O3. The summed E-state index contributed by atoms with van der Waals surface area (Å²) in [5.41, 5.74) is 5.51. The second kappa shape index (κ2) is 8.61. The van der Waals surface area contributed by atoms with Crippen LogP contribution in [0.1, 0.15) is 6.92 Å². The molecular weight excluding hydrogens is 268 g/mol. The monoisotopic (exact) mass is 288 g/mol. The molecule has 0 aliphatic heterocycles. The third-order valence-electron chi connectivity index (χ3n) is 2.52. The van der Waals surface area contributed by atoms with Crippen LogP contribution in [0.25, 0.3) is 0 Å². The number of ether oxygens (including phenoxy) is 2. The number of rotatable bonds is 6. The standard InChI is InChI=1S/C13H20N2O3.ClH/c1-10(14)13(16)15(2)8-9-18-12-6-4-11(17-3)5-7-12;/h4-7,10H,8-9,14H2,1-3H3;1H. The number of benzene rings is 1. The summed E-state index contributed by atoms with van der Waals surface area (Å²) < 4.78 is 10.6. The molecule has 0 saturated carbocycles. The summed E-state index contributed by atoms with van der Waals surface area (Å²) in [5.74, 6) is 1.44. The van der Waals surface area contributed by atoms with E-state index in [-0.39, 0.29) is 18.3 Å². The van der Waals surface area contributed by atoms with E-state index in [4.69, 9.17) is 15.2 Å². The minimum Gasteiger partial charge on any atom is -0.497 e. The Labute approximate surface area is 120 Å². The number of likely N-dealkylation sites (N-methyl/N-ethyl adjacent to an activating group) is 1. The molecule has 0 aromatic heterocycles. The van der Waals surface area contributed by atoms with Crippen LogP contribution in [0.5, 0.6) is 11.5 Å². The lowest BCUT2D eigenvalue weighted by atomic mass is 10.3. The van der Waals surface area contributed by atoms with Gasteiger partial charge in [0, 0.05) is 7.05 Å². The van der Waals surface area contributed by atoms with Crippen molar-refractivity contribution in [2.45, 2.75) is 13.0 Å². The predicted molar refractivity (Wildman–Crippen MR) is 77.0 cm³/mol. The largest absolute Gasteiger partial charge is 0.497 e. The number of halogens is 1. The van der Waals surface area contributed by atoms with Gasteiger partial charge < -0.3 is 20.1 Å². The summed E-state index contributed by atoms with van der Waals surface area (Å²) in [5, 5.41) is 0. The van der Waals surface area contributed by atoms with Gasteiger partial charge in [-0.2, -0.15) is 0 Å². The zero-order chi connectivity index (χ0) is 13.5. The van der Waals surface area contributed by atoms with Crippen LogP contribution in [-0.2, 0) is 4.79 Å². The molecule has 108 valence electrons. The Bertz CT molecular complexity index is 382. The van der Waals surface area contributed by atoms with Crippen LogP contribution in [0, 0.1) is 0 Å². The van der Waals surface area contributed by atoms with Gasteiger partial charge in [0.2, 0.25) is 5.91 Å². The highest BCUT2D eigenvalue weighted by Gasteiger charge is 2.12. The van der Waals surface area contributed by atoms with Gasteiger partial charge in [-0.15, -0.1) is 12.4 Å². The van der Waals surface area contributed by atoms with Crippen molar-refractivity contribution in [3.8, 4) is 11.5 Å². The summed E-state index contributed by atoms with van der Waals surface area (Å²) in [4.78, 5) is 13.1. The van der Waals surface area contributed by atoms with E-state index < -0.39 is 6.04 Å². The molecule has 0 radical (unpaired) electrons. The highest BCUT2D eigenvalue weighted by Crippen LogP contribution is 2.16. The van der Waals surface area contributed by atoms with Gasteiger partial charge in [0.15, 0.2) is 0 Å². The van der Waals surface area contributed by atoms with Gasteiger partial charge in [0.05, 0.1) is 19.7 Å². The average molecular weight is 289 g/mol. The fourth-order valence-corrected chi connectivity index (χ4v) is 1.43. The Morgan fingerprint density at radius 1 is 1.32 bits per heavy atom. The summed E-state index contributed by atoms with van der Waals surface area (Å²) in [6.07, 6.45) is 0. The second-order valence-corrected chi connectivity index (χ2v) is 4.07. The molecule has 5 nitrogen and oxygen atoms in total. The number of carbonyl (C=O) groups is 1. The van der Waals surface area contributed by atoms with Crippen LogP contribution in [0.4, 0.5) is 0 Å². The van der Waals surface area contributed by atoms with Crippen LogP contribution >= 0.6 is 12.4 Å². The van der Waals surface area contributed by atoms with E-state index in [0.29, 0.717) is 13.2 Å². The molecule has 1 amide bonds. The van der Waals surface area contributed by atoms with Gasteiger partial charge >= 0.3 is 0 Å². The van der Waals surface area contributed by atoms with Gasteiger partial charge in [0.25, 0.3) is 0 Å². The molecule has 6 heteroatoms. The summed E-state index contributed by atoms with van der Waals surface area (Å²) in [6.45, 7) is 2.61. The minimum atomic E-state index is -0.476. The van der Waals surface area contributed by atoms with Crippen molar-refractivity contribution in [3.05, 3.63) is 24.3 Å². The predicted octanol–water partition coefficient (Wildman–Crippen LogP) is 1.30. The highest BCUT2D eigenvalue weighted by atomic mass is 35.5. The number of nitrogens with zero attached hydrogens (tertiary/aromatic N) is 1. The van der Waals surface area contributed by atoms with E-state index in [2.05, 4.69) is 0 Å². The van der Waals surface area contributed by atoms with E-state index in [0.717, 1.165) is 11.5 Å². The maximum atomic E-state index is 11.5. The minimum absolute atomic E-state index is 0. The SMILES string of the molecule is COc1ccc(OCCN(C)C(=O)C(C)N)cc1.Cl. The first kappa shape index (κ1) is 17.5. The Kier molecular flexibility index (Phi) is 7.95. The quantitative estimate of drug-likeness (QED) is 0.857. The van der Waals surface area contributed by atoms with Gasteiger partial charge in [-0.3, -0.25) is 4.79 Å². The van der Waals surface area contributed by atoms with Crippen molar-refractivity contribution in [1.82, 2.24) is 4.90 Å². The molecule has 2 N–H and O–H groups in total. The maximum absolute atomic E-state index is 11.5. The van der Waals surface area contributed by atoms with Crippen molar-refractivity contribution in [2.24, 2.45) is 5.73 Å². The first-order chi connectivity index (χ1) is 8.54. The topological polar surface area (TPSA) is 64.8 Å².